The van der Waals surface area contributed by atoms with Crippen LogP contribution in [0.5, 0.6) is 0 Å². The van der Waals surface area contributed by atoms with Gasteiger partial charge in [0.15, 0.2) is 0 Å². The first-order valence-electron chi connectivity index (χ1n) is 7.11. The second-order valence-electron chi connectivity index (χ2n) is 5.31. The Bertz CT molecular complexity index is 747. The fraction of sp³-hybridized carbons (Fsp3) is 0.250. The van der Waals surface area contributed by atoms with Gasteiger partial charge in [-0.2, -0.15) is 0 Å². The van der Waals surface area contributed by atoms with Crippen LogP contribution in [0.1, 0.15) is 11.3 Å². The van der Waals surface area contributed by atoms with Crippen molar-refractivity contribution in [2.45, 2.75) is 13.0 Å². The van der Waals surface area contributed by atoms with Crippen LogP contribution in [0.4, 0.5) is 5.69 Å². The molecule has 1 N–H and O–H groups in total. The number of anilines is 1. The minimum Gasteiger partial charge on any atom is -0.351 e. The van der Waals surface area contributed by atoms with Crippen molar-refractivity contribution >= 4 is 52.0 Å². The van der Waals surface area contributed by atoms with Gasteiger partial charge in [-0.25, -0.2) is 0 Å². The molecule has 23 heavy (non-hydrogen) atoms. The van der Waals surface area contributed by atoms with E-state index in [4.69, 9.17) is 23.2 Å². The van der Waals surface area contributed by atoms with Gasteiger partial charge in [0.2, 0.25) is 11.8 Å². The molecule has 0 spiro atoms. The second-order valence-corrected chi connectivity index (χ2v) is 7.54. The van der Waals surface area contributed by atoms with Crippen LogP contribution < -0.4 is 10.2 Å². The van der Waals surface area contributed by atoms with E-state index in [1.54, 1.807) is 29.2 Å². The van der Waals surface area contributed by atoms with E-state index >= 15 is 0 Å². The van der Waals surface area contributed by atoms with Gasteiger partial charge < -0.3 is 10.2 Å². The highest BCUT2D eigenvalue weighted by atomic mass is 35.5. The summed E-state index contributed by atoms with van der Waals surface area (Å²) in [6.45, 7) is 0.800. The van der Waals surface area contributed by atoms with E-state index in [2.05, 4.69) is 5.32 Å². The number of rotatable bonds is 4. The maximum atomic E-state index is 12.3. The summed E-state index contributed by atoms with van der Waals surface area (Å²) in [5.74, 6) is -0.532. The van der Waals surface area contributed by atoms with Crippen LogP contribution in [0.25, 0.3) is 0 Å². The number of carbonyl (C=O) groups is 2. The van der Waals surface area contributed by atoms with E-state index in [1.807, 2.05) is 12.1 Å². The second kappa shape index (κ2) is 6.91. The third-order valence-electron chi connectivity index (χ3n) is 3.68. The summed E-state index contributed by atoms with van der Waals surface area (Å²) < 4.78 is 0.692. The Morgan fingerprint density at radius 3 is 2.83 bits per heavy atom. The molecule has 2 amide bonds. The number of benzene rings is 1. The van der Waals surface area contributed by atoms with Crippen molar-refractivity contribution in [2.24, 2.45) is 5.92 Å². The Labute approximate surface area is 148 Å². The highest BCUT2D eigenvalue weighted by Crippen LogP contribution is 2.27. The molecule has 3 rings (SSSR count). The molecule has 0 aliphatic carbocycles. The minimum atomic E-state index is -0.350. The zero-order chi connectivity index (χ0) is 16.4. The Morgan fingerprint density at radius 1 is 1.30 bits per heavy atom. The summed E-state index contributed by atoms with van der Waals surface area (Å²) in [6, 6.07) is 10.8. The third-order valence-corrected chi connectivity index (χ3v) is 5.15. The fourth-order valence-corrected chi connectivity index (χ4v) is 3.75. The molecule has 1 unspecified atom stereocenters. The Hall–Kier alpha value is -1.56. The lowest BCUT2D eigenvalue weighted by atomic mass is 10.1. The number of hydrogen-bond donors (Lipinski definition) is 1. The number of nitrogens with zero attached hydrogens (tertiary/aromatic N) is 1. The molecule has 1 aliphatic rings. The third kappa shape index (κ3) is 3.86. The van der Waals surface area contributed by atoms with E-state index in [1.165, 1.54) is 11.3 Å². The number of hydrogen-bond acceptors (Lipinski definition) is 3. The number of carbonyl (C=O) groups excluding carboxylic acids is 2. The number of thiophene rings is 1. The summed E-state index contributed by atoms with van der Waals surface area (Å²) in [5.41, 5.74) is 0.725. The summed E-state index contributed by atoms with van der Waals surface area (Å²) in [7, 11) is 0. The van der Waals surface area contributed by atoms with E-state index in [9.17, 15) is 9.59 Å². The lowest BCUT2D eigenvalue weighted by molar-refractivity contribution is -0.126. The van der Waals surface area contributed by atoms with Crippen molar-refractivity contribution in [3.8, 4) is 0 Å². The van der Waals surface area contributed by atoms with E-state index in [0.717, 1.165) is 10.6 Å². The Kier molecular flexibility index (Phi) is 4.90. The number of nitrogens with one attached hydrogen (secondary N) is 1. The highest BCUT2D eigenvalue weighted by molar-refractivity contribution is 7.16. The molecule has 2 heterocycles. The normalized spacial score (nSPS) is 17.6. The molecule has 7 heteroatoms. The van der Waals surface area contributed by atoms with Crippen molar-refractivity contribution in [2.75, 3.05) is 11.4 Å². The quantitative estimate of drug-likeness (QED) is 0.893. The van der Waals surface area contributed by atoms with Crippen LogP contribution in [0.3, 0.4) is 0 Å². The molecule has 1 fully saturated rings. The molecule has 120 valence electrons. The molecular formula is C16H14Cl2N2O2S. The largest absolute Gasteiger partial charge is 0.351 e. The van der Waals surface area contributed by atoms with Crippen molar-refractivity contribution < 1.29 is 9.59 Å². The van der Waals surface area contributed by atoms with Crippen LogP contribution in [0, 0.1) is 5.92 Å². The monoisotopic (exact) mass is 368 g/mol. The summed E-state index contributed by atoms with van der Waals surface area (Å²) >= 11 is 13.3. The fourth-order valence-electron chi connectivity index (χ4n) is 2.54. The molecule has 2 aromatic rings. The lowest BCUT2D eigenvalue weighted by Crippen LogP contribution is -2.32. The van der Waals surface area contributed by atoms with Crippen LogP contribution in [-0.4, -0.2) is 18.4 Å². The maximum Gasteiger partial charge on any atom is 0.227 e. The van der Waals surface area contributed by atoms with Crippen molar-refractivity contribution in [1.82, 2.24) is 5.32 Å². The summed E-state index contributed by atoms with van der Waals surface area (Å²) in [5, 5.41) is 3.43. The zero-order valence-electron chi connectivity index (χ0n) is 12.1. The lowest BCUT2D eigenvalue weighted by Gasteiger charge is -2.16. The highest BCUT2D eigenvalue weighted by Gasteiger charge is 2.35. The Balaban J connectivity index is 1.61. The number of halogens is 2. The van der Waals surface area contributed by atoms with Gasteiger partial charge in [0.1, 0.15) is 0 Å². The molecule has 1 saturated heterocycles. The molecule has 1 aliphatic heterocycles. The van der Waals surface area contributed by atoms with Crippen LogP contribution >= 0.6 is 34.5 Å². The molecular weight excluding hydrogens is 355 g/mol. The van der Waals surface area contributed by atoms with Crippen molar-refractivity contribution in [3.63, 3.8) is 0 Å². The van der Waals surface area contributed by atoms with Crippen LogP contribution in [-0.2, 0) is 16.1 Å². The standard InChI is InChI=1S/C16H14Cl2N2O2S/c17-11-2-1-3-12(7-11)20-9-10(6-15(20)21)16(22)19-8-13-4-5-14(18)23-13/h1-5,7,10H,6,8-9H2,(H,19,22). The summed E-state index contributed by atoms with van der Waals surface area (Å²) in [6.07, 6.45) is 0.212. The van der Waals surface area contributed by atoms with Gasteiger partial charge in [-0.05, 0) is 30.3 Å². The average molecular weight is 369 g/mol. The Morgan fingerprint density at radius 2 is 2.13 bits per heavy atom. The summed E-state index contributed by atoms with van der Waals surface area (Å²) in [4.78, 5) is 27.0. The van der Waals surface area contributed by atoms with Crippen molar-refractivity contribution in [1.29, 1.82) is 0 Å². The van der Waals surface area contributed by atoms with Gasteiger partial charge in [0.05, 0.1) is 16.8 Å². The van der Waals surface area contributed by atoms with Gasteiger partial charge in [-0.1, -0.05) is 29.3 Å². The molecule has 4 nitrogen and oxygen atoms in total. The van der Waals surface area contributed by atoms with Gasteiger partial charge in [-0.3, -0.25) is 9.59 Å². The minimum absolute atomic E-state index is 0.0633. The molecule has 1 atom stereocenters. The van der Waals surface area contributed by atoms with Crippen molar-refractivity contribution in [3.05, 3.63) is 50.6 Å². The van der Waals surface area contributed by atoms with E-state index in [0.29, 0.717) is 22.4 Å². The van der Waals surface area contributed by atoms with Gasteiger partial charge >= 0.3 is 0 Å². The molecule has 0 saturated carbocycles. The van der Waals surface area contributed by atoms with E-state index < -0.39 is 0 Å². The van der Waals surface area contributed by atoms with Crippen LogP contribution in [0.2, 0.25) is 9.36 Å². The molecule has 1 aromatic heterocycles. The van der Waals surface area contributed by atoms with Gasteiger partial charge in [0.25, 0.3) is 0 Å². The predicted molar refractivity (Wildman–Crippen MR) is 93.1 cm³/mol. The molecule has 0 radical (unpaired) electrons. The average Bonchev–Trinajstić information content (AvgIpc) is 3.11. The van der Waals surface area contributed by atoms with E-state index in [-0.39, 0.29) is 24.2 Å². The first-order valence-corrected chi connectivity index (χ1v) is 8.68. The first-order chi connectivity index (χ1) is 11.0. The zero-order valence-corrected chi connectivity index (χ0v) is 14.4. The molecule has 1 aromatic carbocycles. The maximum absolute atomic E-state index is 12.3. The predicted octanol–water partition coefficient (Wildman–Crippen LogP) is 3.72. The SMILES string of the molecule is O=C(NCc1ccc(Cl)s1)C1CC(=O)N(c2cccc(Cl)c2)C1. The first kappa shape index (κ1) is 16.3. The smallest absolute Gasteiger partial charge is 0.227 e. The molecule has 0 bridgehead atoms. The topological polar surface area (TPSA) is 49.4 Å². The van der Waals surface area contributed by atoms with Gasteiger partial charge in [0, 0.05) is 28.6 Å². The van der Waals surface area contributed by atoms with Crippen LogP contribution in [0.15, 0.2) is 36.4 Å². The number of amides is 2. The van der Waals surface area contributed by atoms with Gasteiger partial charge in [-0.15, -0.1) is 11.3 Å².